The molecule has 0 aliphatic carbocycles. The number of aromatic amines is 1. The molecule has 1 aromatic carbocycles. The van der Waals surface area contributed by atoms with Gasteiger partial charge in [0.1, 0.15) is 11.3 Å². The van der Waals surface area contributed by atoms with E-state index in [-0.39, 0.29) is 27.5 Å². The van der Waals surface area contributed by atoms with Crippen LogP contribution in [0, 0.1) is 48.5 Å². The van der Waals surface area contributed by atoms with Crippen LogP contribution in [0.1, 0.15) is 81.7 Å². The third-order valence-electron chi connectivity index (χ3n) is 7.25. The molecule has 0 atom stereocenters. The molecule has 4 aromatic rings. The van der Waals surface area contributed by atoms with Crippen molar-refractivity contribution >= 4 is 32.5 Å². The number of nitrogens with one attached hydrogen (secondary N) is 2. The van der Waals surface area contributed by atoms with Gasteiger partial charge in [0.15, 0.2) is 0 Å². The molecule has 2 N–H and O–H groups in total. The summed E-state index contributed by atoms with van der Waals surface area (Å²) < 4.78 is 30.0. The maximum absolute atomic E-state index is 14.2. The van der Waals surface area contributed by atoms with Crippen LogP contribution >= 0.6 is 0 Å². The summed E-state index contributed by atoms with van der Waals surface area (Å²) in [6.45, 7) is 19.4. The Labute approximate surface area is 225 Å². The Balaban J connectivity index is 2.00. The summed E-state index contributed by atoms with van der Waals surface area (Å²) in [6.07, 6.45) is 0. The summed E-state index contributed by atoms with van der Waals surface area (Å²) in [7, 11) is -4.00. The number of hydrogen-bond acceptors (Lipinski definition) is 5. The molecule has 0 saturated heterocycles. The SMILES string of the molecule is Cc1cc(C(=O)c2nc(C)c(C(C)(C)C)c(C)c2NS(=O)(=O)c2ccc(C)c(C)c2)c2c(C)c(C)[nH]c2n1. The zero-order valence-electron chi connectivity index (χ0n) is 23.8. The number of rotatable bonds is 5. The predicted molar refractivity (Wildman–Crippen MR) is 153 cm³/mol. The van der Waals surface area contributed by atoms with Gasteiger partial charge in [0.2, 0.25) is 5.78 Å². The van der Waals surface area contributed by atoms with E-state index in [4.69, 9.17) is 4.98 Å². The lowest BCUT2D eigenvalue weighted by atomic mass is 9.82. The van der Waals surface area contributed by atoms with Crippen molar-refractivity contribution in [1.82, 2.24) is 15.0 Å². The van der Waals surface area contributed by atoms with E-state index in [0.717, 1.165) is 33.3 Å². The van der Waals surface area contributed by atoms with E-state index in [1.54, 1.807) is 24.3 Å². The van der Waals surface area contributed by atoms with Gasteiger partial charge in [0, 0.05) is 28.0 Å². The highest BCUT2D eigenvalue weighted by molar-refractivity contribution is 7.92. The van der Waals surface area contributed by atoms with E-state index in [9.17, 15) is 13.2 Å². The largest absolute Gasteiger partial charge is 0.343 e. The monoisotopic (exact) mass is 532 g/mol. The molecule has 0 spiro atoms. The number of hydrogen-bond donors (Lipinski definition) is 2. The van der Waals surface area contributed by atoms with Gasteiger partial charge in [0.25, 0.3) is 10.0 Å². The minimum absolute atomic E-state index is 0.0746. The average Bonchev–Trinajstić information content (AvgIpc) is 3.08. The first kappa shape index (κ1) is 27.5. The fourth-order valence-electron chi connectivity index (χ4n) is 5.23. The topological polar surface area (TPSA) is 105 Å². The van der Waals surface area contributed by atoms with Crippen LogP contribution in [0.4, 0.5) is 5.69 Å². The zero-order valence-corrected chi connectivity index (χ0v) is 24.7. The molecule has 0 aliphatic heterocycles. The lowest BCUT2D eigenvalue weighted by molar-refractivity contribution is 0.103. The van der Waals surface area contributed by atoms with Crippen molar-refractivity contribution in [3.8, 4) is 0 Å². The molecular formula is C30H36N4O3S. The van der Waals surface area contributed by atoms with E-state index in [1.165, 1.54) is 0 Å². The van der Waals surface area contributed by atoms with Crippen LogP contribution in [0.2, 0.25) is 0 Å². The van der Waals surface area contributed by atoms with Crippen LogP contribution in [0.25, 0.3) is 11.0 Å². The number of aromatic nitrogens is 3. The predicted octanol–water partition coefficient (Wildman–Crippen LogP) is 6.45. The highest BCUT2D eigenvalue weighted by atomic mass is 32.2. The third-order valence-corrected chi connectivity index (χ3v) is 8.60. The molecule has 4 rings (SSSR count). The summed E-state index contributed by atoms with van der Waals surface area (Å²) in [5.74, 6) is -0.355. The second-order valence-corrected chi connectivity index (χ2v) is 12.9. The molecule has 8 heteroatoms. The molecule has 0 aliphatic rings. The van der Waals surface area contributed by atoms with E-state index in [0.29, 0.717) is 28.2 Å². The van der Waals surface area contributed by atoms with Gasteiger partial charge in [0.05, 0.1) is 10.6 Å². The first-order chi connectivity index (χ1) is 17.5. The van der Waals surface area contributed by atoms with Crippen molar-refractivity contribution in [2.45, 2.75) is 79.5 Å². The van der Waals surface area contributed by atoms with Crippen LogP contribution in [-0.4, -0.2) is 29.2 Å². The van der Waals surface area contributed by atoms with Gasteiger partial charge in [-0.2, -0.15) is 0 Å². The molecule has 3 aromatic heterocycles. The molecule has 3 heterocycles. The van der Waals surface area contributed by atoms with Crippen molar-refractivity contribution < 1.29 is 13.2 Å². The standard InChI is InChI=1S/C30H36N4O3S/c1-15-11-12-22(13-16(15)2)38(36,37)34-26-19(5)25(30(8,9)10)21(7)32-27(26)28(35)23-14-17(3)31-29-24(23)18(4)20(6)33-29/h11-14,34H,1-10H3,(H,31,33). The molecule has 0 amide bonds. The van der Waals surface area contributed by atoms with Crippen molar-refractivity contribution in [2.24, 2.45) is 0 Å². The van der Waals surface area contributed by atoms with Crippen LogP contribution in [-0.2, 0) is 15.4 Å². The summed E-state index contributed by atoms with van der Waals surface area (Å²) in [5, 5.41) is 0.720. The zero-order chi connectivity index (χ0) is 28.3. The minimum Gasteiger partial charge on any atom is -0.343 e. The normalized spacial score (nSPS) is 12.3. The average molecular weight is 533 g/mol. The molecule has 0 bridgehead atoms. The molecule has 0 unspecified atom stereocenters. The first-order valence-corrected chi connectivity index (χ1v) is 14.1. The summed E-state index contributed by atoms with van der Waals surface area (Å²) in [4.78, 5) is 27.0. The highest BCUT2D eigenvalue weighted by Crippen LogP contribution is 2.37. The molecule has 0 saturated carbocycles. The van der Waals surface area contributed by atoms with Crippen molar-refractivity contribution in [3.63, 3.8) is 0 Å². The summed E-state index contributed by atoms with van der Waals surface area (Å²) in [5.41, 5.74) is 7.69. The maximum Gasteiger partial charge on any atom is 0.261 e. The van der Waals surface area contributed by atoms with Crippen LogP contribution in [0.5, 0.6) is 0 Å². The molecule has 0 radical (unpaired) electrons. The van der Waals surface area contributed by atoms with Gasteiger partial charge >= 0.3 is 0 Å². The Kier molecular flexibility index (Phi) is 6.77. The summed E-state index contributed by atoms with van der Waals surface area (Å²) >= 11 is 0. The number of carbonyl (C=O) groups excluding carboxylic acids is 1. The Morgan fingerprint density at radius 2 is 1.55 bits per heavy atom. The lowest BCUT2D eigenvalue weighted by Gasteiger charge is -2.27. The number of aryl methyl sites for hydroxylation is 6. The van der Waals surface area contributed by atoms with E-state index < -0.39 is 10.0 Å². The molecule has 0 fully saturated rings. The Bertz CT molecular complexity index is 1730. The fourth-order valence-corrected chi connectivity index (χ4v) is 6.45. The number of anilines is 1. The maximum atomic E-state index is 14.2. The molecular weight excluding hydrogens is 496 g/mol. The number of ketones is 1. The Hall–Kier alpha value is -3.52. The number of nitrogens with zero attached hydrogens (tertiary/aromatic N) is 2. The summed E-state index contributed by atoms with van der Waals surface area (Å²) in [6, 6.07) is 6.75. The smallest absolute Gasteiger partial charge is 0.261 e. The van der Waals surface area contributed by atoms with E-state index in [2.05, 4.69) is 35.5 Å². The van der Waals surface area contributed by atoms with Crippen molar-refractivity contribution in [1.29, 1.82) is 0 Å². The van der Waals surface area contributed by atoms with Gasteiger partial charge in [-0.05, 0) is 99.9 Å². The van der Waals surface area contributed by atoms with Crippen LogP contribution < -0.4 is 4.72 Å². The van der Waals surface area contributed by atoms with Crippen LogP contribution in [0.15, 0.2) is 29.2 Å². The lowest BCUT2D eigenvalue weighted by Crippen LogP contribution is -2.23. The number of benzene rings is 1. The highest BCUT2D eigenvalue weighted by Gasteiger charge is 2.30. The van der Waals surface area contributed by atoms with Gasteiger partial charge in [-0.3, -0.25) is 9.52 Å². The number of pyridine rings is 2. The van der Waals surface area contributed by atoms with Gasteiger partial charge in [-0.1, -0.05) is 26.8 Å². The number of sulfonamides is 1. The molecule has 38 heavy (non-hydrogen) atoms. The van der Waals surface area contributed by atoms with Gasteiger partial charge < -0.3 is 4.98 Å². The first-order valence-electron chi connectivity index (χ1n) is 12.7. The fraction of sp³-hybridized carbons (Fsp3) is 0.367. The van der Waals surface area contributed by atoms with Gasteiger partial charge in [-0.25, -0.2) is 18.4 Å². The minimum atomic E-state index is -4.00. The number of fused-ring (bicyclic) bond motifs is 1. The number of carbonyl (C=O) groups is 1. The van der Waals surface area contributed by atoms with E-state index in [1.807, 2.05) is 48.5 Å². The second kappa shape index (κ2) is 9.34. The Morgan fingerprint density at radius 1 is 0.895 bits per heavy atom. The Morgan fingerprint density at radius 3 is 2.16 bits per heavy atom. The van der Waals surface area contributed by atoms with E-state index >= 15 is 0 Å². The second-order valence-electron chi connectivity index (χ2n) is 11.3. The number of H-pyrrole nitrogens is 1. The van der Waals surface area contributed by atoms with Gasteiger partial charge in [-0.15, -0.1) is 0 Å². The molecule has 7 nitrogen and oxygen atoms in total. The van der Waals surface area contributed by atoms with Crippen molar-refractivity contribution in [2.75, 3.05) is 4.72 Å². The third kappa shape index (κ3) is 4.73. The quantitative estimate of drug-likeness (QED) is 0.288. The van der Waals surface area contributed by atoms with Crippen LogP contribution in [0.3, 0.4) is 0 Å². The van der Waals surface area contributed by atoms with Crippen molar-refractivity contribution in [3.05, 3.63) is 80.4 Å². The molecule has 200 valence electrons.